The van der Waals surface area contributed by atoms with Gasteiger partial charge < -0.3 is 15.1 Å². The highest BCUT2D eigenvalue weighted by molar-refractivity contribution is 7.99. The van der Waals surface area contributed by atoms with Crippen LogP contribution in [0.4, 0.5) is 11.4 Å². The Labute approximate surface area is 134 Å². The molecule has 1 aliphatic heterocycles. The molecule has 1 aliphatic carbocycles. The number of benzene rings is 2. The number of fused-ring (bicyclic) bond motifs is 2. The molecule has 1 fully saturated rings. The molecule has 3 nitrogen and oxygen atoms in total. The average molecular weight is 313 g/mol. The van der Waals surface area contributed by atoms with Gasteiger partial charge in [-0.1, -0.05) is 36.0 Å². The summed E-state index contributed by atoms with van der Waals surface area (Å²) in [6.07, 6.45) is 1.18. The van der Waals surface area contributed by atoms with Crippen molar-refractivity contribution in [2.45, 2.75) is 47.3 Å². The number of aliphatic hydroxyl groups excluding tert-OH is 2. The molecular formula is C18H19NO2S. The average Bonchev–Trinajstić information content (AvgIpc) is 2.55. The van der Waals surface area contributed by atoms with Crippen molar-refractivity contribution in [2.24, 2.45) is 0 Å². The molecule has 0 spiro atoms. The van der Waals surface area contributed by atoms with E-state index in [1.807, 2.05) is 24.3 Å². The summed E-state index contributed by atoms with van der Waals surface area (Å²) in [7, 11) is 0. The normalized spacial score (nSPS) is 27.2. The van der Waals surface area contributed by atoms with Gasteiger partial charge in [0, 0.05) is 9.79 Å². The lowest BCUT2D eigenvalue weighted by molar-refractivity contribution is -0.0206. The van der Waals surface area contributed by atoms with Crippen molar-refractivity contribution in [1.82, 2.24) is 0 Å². The van der Waals surface area contributed by atoms with Crippen LogP contribution in [0.15, 0.2) is 58.3 Å². The summed E-state index contributed by atoms with van der Waals surface area (Å²) in [6, 6.07) is 16.5. The summed E-state index contributed by atoms with van der Waals surface area (Å²) < 4.78 is 0. The van der Waals surface area contributed by atoms with E-state index in [9.17, 15) is 10.2 Å². The fraction of sp³-hybridized carbons (Fsp3) is 0.333. The van der Waals surface area contributed by atoms with Crippen LogP contribution in [0.2, 0.25) is 0 Å². The lowest BCUT2D eigenvalue weighted by Gasteiger charge is -2.44. The largest absolute Gasteiger partial charge is 0.390 e. The number of anilines is 2. The maximum atomic E-state index is 10.5. The van der Waals surface area contributed by atoms with Crippen LogP contribution < -0.4 is 4.90 Å². The number of rotatable bonds is 1. The van der Waals surface area contributed by atoms with E-state index in [0.717, 1.165) is 24.2 Å². The molecule has 4 rings (SSSR count). The Kier molecular flexibility index (Phi) is 3.60. The predicted octanol–water partition coefficient (Wildman–Crippen LogP) is 3.56. The monoisotopic (exact) mass is 313 g/mol. The van der Waals surface area contributed by atoms with Gasteiger partial charge in [0.05, 0.1) is 23.5 Å². The first-order valence-corrected chi connectivity index (χ1v) is 8.58. The van der Waals surface area contributed by atoms with Gasteiger partial charge in [-0.05, 0) is 43.5 Å². The van der Waals surface area contributed by atoms with Gasteiger partial charge in [-0.15, -0.1) is 0 Å². The van der Waals surface area contributed by atoms with Crippen molar-refractivity contribution >= 4 is 23.1 Å². The Balaban J connectivity index is 1.84. The molecule has 0 bridgehead atoms. The van der Waals surface area contributed by atoms with Gasteiger partial charge in [0.25, 0.3) is 0 Å². The molecule has 0 unspecified atom stereocenters. The van der Waals surface area contributed by atoms with E-state index in [1.165, 1.54) is 9.79 Å². The predicted molar refractivity (Wildman–Crippen MR) is 88.8 cm³/mol. The number of hydrogen-bond donors (Lipinski definition) is 2. The zero-order valence-corrected chi connectivity index (χ0v) is 13.0. The van der Waals surface area contributed by atoms with Gasteiger partial charge in [0.15, 0.2) is 0 Å². The van der Waals surface area contributed by atoms with Crippen molar-refractivity contribution in [2.75, 3.05) is 4.90 Å². The van der Waals surface area contributed by atoms with Crippen LogP contribution in [0.5, 0.6) is 0 Å². The molecule has 0 aromatic heterocycles. The molecule has 2 aromatic carbocycles. The van der Waals surface area contributed by atoms with Crippen LogP contribution in [0.25, 0.3) is 0 Å². The Morgan fingerprint density at radius 3 is 2.09 bits per heavy atom. The zero-order valence-electron chi connectivity index (χ0n) is 12.2. The molecule has 4 heteroatoms. The second kappa shape index (κ2) is 5.61. The van der Waals surface area contributed by atoms with E-state index >= 15 is 0 Å². The Morgan fingerprint density at radius 1 is 0.864 bits per heavy atom. The lowest BCUT2D eigenvalue weighted by atomic mass is 9.88. The fourth-order valence-electron chi connectivity index (χ4n) is 3.51. The quantitative estimate of drug-likeness (QED) is 0.845. The van der Waals surface area contributed by atoms with Crippen LogP contribution >= 0.6 is 11.8 Å². The minimum Gasteiger partial charge on any atom is -0.390 e. The molecule has 1 heterocycles. The van der Waals surface area contributed by atoms with Crippen LogP contribution in [0.1, 0.15) is 19.3 Å². The minimum atomic E-state index is -0.710. The third-order valence-corrected chi connectivity index (χ3v) is 5.72. The summed E-state index contributed by atoms with van der Waals surface area (Å²) in [4.78, 5) is 4.63. The molecule has 0 saturated heterocycles. The van der Waals surface area contributed by atoms with E-state index in [4.69, 9.17) is 0 Å². The van der Waals surface area contributed by atoms with Crippen LogP contribution in [0, 0.1) is 0 Å². The van der Waals surface area contributed by atoms with Crippen LogP contribution in [-0.2, 0) is 0 Å². The van der Waals surface area contributed by atoms with Crippen molar-refractivity contribution in [3.63, 3.8) is 0 Å². The van der Waals surface area contributed by atoms with Crippen molar-refractivity contribution in [3.8, 4) is 0 Å². The highest BCUT2D eigenvalue weighted by Gasteiger charge is 2.38. The third-order valence-electron chi connectivity index (χ3n) is 4.59. The molecule has 0 amide bonds. The summed E-state index contributed by atoms with van der Waals surface area (Å²) in [6.45, 7) is 0. The van der Waals surface area contributed by atoms with Gasteiger partial charge in [0.2, 0.25) is 0 Å². The Hall–Kier alpha value is -1.49. The Morgan fingerprint density at radius 2 is 1.45 bits per heavy atom. The second-order valence-corrected chi connectivity index (χ2v) is 7.05. The molecule has 114 valence electrons. The standard InChI is InChI=1S/C18H19NO2S/c20-15-9-5-8-14(18(15)21)19-12-6-1-3-10-16(12)22-17-11-4-2-7-13(17)19/h1-4,6-7,10-11,14-15,18,20-21H,5,8-9H2/t14-,15-,18+/m0/s1. The molecule has 22 heavy (non-hydrogen) atoms. The SMILES string of the molecule is O[C@H]1[C@@H](O)CCC[C@@H]1N1c2ccccc2Sc2ccccc21. The first kappa shape index (κ1) is 14.1. The van der Waals surface area contributed by atoms with Crippen molar-refractivity contribution in [3.05, 3.63) is 48.5 Å². The molecule has 3 atom stereocenters. The summed E-state index contributed by atoms with van der Waals surface area (Å²) >= 11 is 1.77. The van der Waals surface area contributed by atoms with Crippen LogP contribution in [0.3, 0.4) is 0 Å². The lowest BCUT2D eigenvalue weighted by Crippen LogP contribution is -2.50. The number of para-hydroxylation sites is 2. The maximum absolute atomic E-state index is 10.5. The maximum Gasteiger partial charge on any atom is 0.101 e. The van der Waals surface area contributed by atoms with Gasteiger partial charge in [-0.25, -0.2) is 0 Å². The van der Waals surface area contributed by atoms with Crippen LogP contribution in [-0.4, -0.2) is 28.5 Å². The topological polar surface area (TPSA) is 43.7 Å². The van der Waals surface area contributed by atoms with Gasteiger partial charge in [-0.3, -0.25) is 0 Å². The van der Waals surface area contributed by atoms with Crippen molar-refractivity contribution in [1.29, 1.82) is 0 Å². The van der Waals surface area contributed by atoms with Gasteiger partial charge in [-0.2, -0.15) is 0 Å². The molecular weight excluding hydrogens is 294 g/mol. The number of aliphatic hydroxyl groups is 2. The number of hydrogen-bond acceptors (Lipinski definition) is 4. The number of nitrogens with zero attached hydrogens (tertiary/aromatic N) is 1. The summed E-state index contributed by atoms with van der Waals surface area (Å²) in [5.41, 5.74) is 2.26. The van der Waals surface area contributed by atoms with E-state index in [1.54, 1.807) is 11.8 Å². The molecule has 2 aromatic rings. The van der Waals surface area contributed by atoms with Crippen molar-refractivity contribution < 1.29 is 10.2 Å². The first-order chi connectivity index (χ1) is 10.8. The van der Waals surface area contributed by atoms with E-state index in [-0.39, 0.29) is 6.04 Å². The zero-order chi connectivity index (χ0) is 15.1. The van der Waals surface area contributed by atoms with E-state index in [0.29, 0.717) is 6.42 Å². The highest BCUT2D eigenvalue weighted by atomic mass is 32.2. The third kappa shape index (κ3) is 2.22. The van der Waals surface area contributed by atoms with Gasteiger partial charge in [0.1, 0.15) is 6.10 Å². The molecule has 1 saturated carbocycles. The Bertz CT molecular complexity index is 645. The fourth-order valence-corrected chi connectivity index (χ4v) is 4.58. The molecule has 2 aliphatic rings. The second-order valence-electron chi connectivity index (χ2n) is 5.96. The molecule has 0 radical (unpaired) electrons. The summed E-state index contributed by atoms with van der Waals surface area (Å²) in [5.74, 6) is 0. The molecule has 2 N–H and O–H groups in total. The van der Waals surface area contributed by atoms with E-state index in [2.05, 4.69) is 29.2 Å². The smallest absolute Gasteiger partial charge is 0.101 e. The first-order valence-electron chi connectivity index (χ1n) is 7.77. The minimum absolute atomic E-state index is 0.0769. The van der Waals surface area contributed by atoms with Gasteiger partial charge >= 0.3 is 0 Å². The summed E-state index contributed by atoms with van der Waals surface area (Å²) in [5, 5.41) is 20.6. The highest BCUT2D eigenvalue weighted by Crippen LogP contribution is 2.50. The van der Waals surface area contributed by atoms with E-state index < -0.39 is 12.2 Å².